The maximum atomic E-state index is 12.3. The quantitative estimate of drug-likeness (QED) is 0.818. The van der Waals surface area contributed by atoms with Crippen molar-refractivity contribution in [1.29, 1.82) is 0 Å². The molecule has 1 aromatic heterocycles. The third-order valence-corrected chi connectivity index (χ3v) is 3.90. The first-order valence-electron chi connectivity index (χ1n) is 8.01. The second kappa shape index (κ2) is 7.77. The molecule has 0 saturated carbocycles. The smallest absolute Gasteiger partial charge is 0.305 e. The van der Waals surface area contributed by atoms with Crippen LogP contribution < -0.4 is 5.32 Å². The SMILES string of the molecule is CC(C)c1ccc(C(C)NC(=O)c2cnn(CCC(=O)O)c2)cc1. The number of carbonyl (C=O) groups is 2. The molecule has 1 unspecified atom stereocenters. The van der Waals surface area contributed by atoms with Crippen molar-refractivity contribution in [3.8, 4) is 0 Å². The Hall–Kier alpha value is -2.63. The van der Waals surface area contributed by atoms with Crippen LogP contribution in [0.5, 0.6) is 0 Å². The van der Waals surface area contributed by atoms with Gasteiger partial charge in [-0.25, -0.2) is 0 Å². The van der Waals surface area contributed by atoms with Gasteiger partial charge in [-0.2, -0.15) is 5.10 Å². The number of nitrogens with zero attached hydrogens (tertiary/aromatic N) is 2. The number of hydrogen-bond donors (Lipinski definition) is 2. The highest BCUT2D eigenvalue weighted by Crippen LogP contribution is 2.18. The summed E-state index contributed by atoms with van der Waals surface area (Å²) in [6.07, 6.45) is 2.99. The van der Waals surface area contributed by atoms with Gasteiger partial charge in [-0.15, -0.1) is 0 Å². The highest BCUT2D eigenvalue weighted by atomic mass is 16.4. The van der Waals surface area contributed by atoms with E-state index in [9.17, 15) is 9.59 Å². The van der Waals surface area contributed by atoms with Crippen LogP contribution in [0.4, 0.5) is 0 Å². The average Bonchev–Trinajstić information content (AvgIpc) is 3.02. The van der Waals surface area contributed by atoms with Crippen molar-refractivity contribution in [3.05, 3.63) is 53.3 Å². The van der Waals surface area contributed by atoms with E-state index in [0.717, 1.165) is 5.56 Å². The van der Waals surface area contributed by atoms with Crippen molar-refractivity contribution in [2.75, 3.05) is 0 Å². The van der Waals surface area contributed by atoms with E-state index in [-0.39, 0.29) is 24.9 Å². The van der Waals surface area contributed by atoms with E-state index in [2.05, 4.69) is 36.4 Å². The molecule has 1 heterocycles. The zero-order chi connectivity index (χ0) is 17.7. The summed E-state index contributed by atoms with van der Waals surface area (Å²) in [5, 5.41) is 15.6. The maximum absolute atomic E-state index is 12.3. The summed E-state index contributed by atoms with van der Waals surface area (Å²) in [6.45, 7) is 6.45. The number of carboxylic acid groups (broad SMARTS) is 1. The molecule has 0 saturated heterocycles. The number of rotatable bonds is 7. The lowest BCUT2D eigenvalue weighted by Gasteiger charge is -2.15. The van der Waals surface area contributed by atoms with E-state index in [1.165, 1.54) is 16.4 Å². The molecule has 128 valence electrons. The fourth-order valence-corrected chi connectivity index (χ4v) is 2.35. The number of aliphatic carboxylic acids is 1. The van der Waals surface area contributed by atoms with Crippen LogP contribution >= 0.6 is 0 Å². The number of amides is 1. The third-order valence-electron chi connectivity index (χ3n) is 3.90. The van der Waals surface area contributed by atoms with Gasteiger partial charge < -0.3 is 10.4 Å². The Bertz CT molecular complexity index is 705. The van der Waals surface area contributed by atoms with Crippen molar-refractivity contribution in [1.82, 2.24) is 15.1 Å². The summed E-state index contributed by atoms with van der Waals surface area (Å²) in [5.74, 6) is -0.646. The summed E-state index contributed by atoms with van der Waals surface area (Å²) >= 11 is 0. The lowest BCUT2D eigenvalue weighted by atomic mass is 9.99. The minimum Gasteiger partial charge on any atom is -0.481 e. The second-order valence-electron chi connectivity index (χ2n) is 6.15. The molecule has 6 nitrogen and oxygen atoms in total. The first kappa shape index (κ1) is 17.7. The molecule has 1 aromatic carbocycles. The van der Waals surface area contributed by atoms with E-state index < -0.39 is 5.97 Å². The Morgan fingerprint density at radius 3 is 2.38 bits per heavy atom. The summed E-state index contributed by atoms with van der Waals surface area (Å²) in [6, 6.07) is 8.08. The molecule has 0 aliphatic carbocycles. The number of aromatic nitrogens is 2. The van der Waals surface area contributed by atoms with Crippen LogP contribution in [0.3, 0.4) is 0 Å². The van der Waals surface area contributed by atoms with Crippen LogP contribution in [-0.4, -0.2) is 26.8 Å². The van der Waals surface area contributed by atoms with Crippen LogP contribution in [-0.2, 0) is 11.3 Å². The van der Waals surface area contributed by atoms with Gasteiger partial charge in [-0.3, -0.25) is 14.3 Å². The first-order chi connectivity index (χ1) is 11.4. The number of hydrogen-bond acceptors (Lipinski definition) is 3. The van der Waals surface area contributed by atoms with Crippen molar-refractivity contribution in [3.63, 3.8) is 0 Å². The molecule has 0 aliphatic rings. The topological polar surface area (TPSA) is 84.2 Å². The Morgan fingerprint density at radius 2 is 1.79 bits per heavy atom. The average molecular weight is 329 g/mol. The van der Waals surface area contributed by atoms with Gasteiger partial charge in [0.05, 0.1) is 30.8 Å². The van der Waals surface area contributed by atoms with Gasteiger partial charge in [-0.1, -0.05) is 38.1 Å². The van der Waals surface area contributed by atoms with E-state index in [4.69, 9.17) is 5.11 Å². The van der Waals surface area contributed by atoms with Crippen molar-refractivity contribution >= 4 is 11.9 Å². The van der Waals surface area contributed by atoms with Crippen LogP contribution in [0.1, 0.15) is 60.6 Å². The van der Waals surface area contributed by atoms with Crippen LogP contribution in [0.15, 0.2) is 36.7 Å². The molecule has 6 heteroatoms. The third kappa shape index (κ3) is 4.68. The standard InChI is InChI=1S/C18H23N3O3/c1-12(2)14-4-6-15(7-5-14)13(3)20-18(24)16-10-19-21(11-16)9-8-17(22)23/h4-7,10-13H,8-9H2,1-3H3,(H,20,24)(H,22,23). The highest BCUT2D eigenvalue weighted by Gasteiger charge is 2.14. The molecule has 0 bridgehead atoms. The molecular weight excluding hydrogens is 306 g/mol. The summed E-state index contributed by atoms with van der Waals surface area (Å²) in [7, 11) is 0. The van der Waals surface area contributed by atoms with Gasteiger partial charge in [0.2, 0.25) is 0 Å². The minimum absolute atomic E-state index is 0.0264. The Balaban J connectivity index is 1.97. The number of carbonyl (C=O) groups excluding carboxylic acids is 1. The van der Waals surface area contributed by atoms with Crippen LogP contribution in [0, 0.1) is 0 Å². The van der Waals surface area contributed by atoms with Crippen LogP contribution in [0.25, 0.3) is 0 Å². The van der Waals surface area contributed by atoms with Gasteiger partial charge in [0.15, 0.2) is 0 Å². The molecule has 1 atom stereocenters. The molecule has 0 radical (unpaired) electrons. The molecule has 1 amide bonds. The molecule has 2 rings (SSSR count). The number of nitrogens with one attached hydrogen (secondary N) is 1. The molecular formula is C18H23N3O3. The summed E-state index contributed by atoms with van der Waals surface area (Å²) in [5.41, 5.74) is 2.72. The number of benzene rings is 1. The molecule has 0 fully saturated rings. The van der Waals surface area contributed by atoms with Crippen molar-refractivity contribution in [2.45, 2.75) is 45.7 Å². The number of aryl methyl sites for hydroxylation is 1. The van der Waals surface area contributed by atoms with Gasteiger partial charge in [0.25, 0.3) is 5.91 Å². The highest BCUT2D eigenvalue weighted by molar-refractivity contribution is 5.93. The largest absolute Gasteiger partial charge is 0.481 e. The monoisotopic (exact) mass is 329 g/mol. The van der Waals surface area contributed by atoms with E-state index in [0.29, 0.717) is 11.5 Å². The normalized spacial score (nSPS) is 12.2. The van der Waals surface area contributed by atoms with Crippen molar-refractivity contribution in [2.24, 2.45) is 0 Å². The zero-order valence-electron chi connectivity index (χ0n) is 14.2. The molecule has 2 aromatic rings. The van der Waals surface area contributed by atoms with Crippen LogP contribution in [0.2, 0.25) is 0 Å². The van der Waals surface area contributed by atoms with E-state index in [1.807, 2.05) is 19.1 Å². The lowest BCUT2D eigenvalue weighted by Crippen LogP contribution is -2.26. The lowest BCUT2D eigenvalue weighted by molar-refractivity contribution is -0.137. The Kier molecular flexibility index (Phi) is 5.73. The molecule has 0 spiro atoms. The first-order valence-corrected chi connectivity index (χ1v) is 8.01. The Morgan fingerprint density at radius 1 is 1.17 bits per heavy atom. The minimum atomic E-state index is -0.894. The second-order valence-corrected chi connectivity index (χ2v) is 6.15. The van der Waals surface area contributed by atoms with Gasteiger partial charge >= 0.3 is 5.97 Å². The fourth-order valence-electron chi connectivity index (χ4n) is 2.35. The van der Waals surface area contributed by atoms with Gasteiger partial charge in [0.1, 0.15) is 0 Å². The zero-order valence-corrected chi connectivity index (χ0v) is 14.2. The van der Waals surface area contributed by atoms with E-state index >= 15 is 0 Å². The fraction of sp³-hybridized carbons (Fsp3) is 0.389. The molecule has 2 N–H and O–H groups in total. The Labute approximate surface area is 141 Å². The van der Waals surface area contributed by atoms with Gasteiger partial charge in [0, 0.05) is 6.20 Å². The predicted molar refractivity (Wildman–Crippen MR) is 90.9 cm³/mol. The predicted octanol–water partition coefficient (Wildman–Crippen LogP) is 2.97. The van der Waals surface area contributed by atoms with Crippen molar-refractivity contribution < 1.29 is 14.7 Å². The molecule has 24 heavy (non-hydrogen) atoms. The summed E-state index contributed by atoms with van der Waals surface area (Å²) < 4.78 is 1.46. The molecule has 0 aliphatic heterocycles. The summed E-state index contributed by atoms with van der Waals surface area (Å²) in [4.78, 5) is 22.8. The number of carboxylic acids is 1. The van der Waals surface area contributed by atoms with Gasteiger partial charge in [-0.05, 0) is 24.0 Å². The van der Waals surface area contributed by atoms with E-state index in [1.54, 1.807) is 6.20 Å². The maximum Gasteiger partial charge on any atom is 0.305 e.